The number of para-hydroxylation sites is 3. The van der Waals surface area contributed by atoms with Crippen LogP contribution < -0.4 is 4.90 Å². The Kier molecular flexibility index (Phi) is 5.18. The van der Waals surface area contributed by atoms with Gasteiger partial charge >= 0.3 is 0 Å². The van der Waals surface area contributed by atoms with Crippen molar-refractivity contribution in [1.82, 2.24) is 9.55 Å². The molecule has 49 heavy (non-hydrogen) atoms. The zero-order valence-electron chi connectivity index (χ0n) is 27.3. The van der Waals surface area contributed by atoms with Crippen LogP contribution in [0.1, 0.15) is 25.0 Å². The van der Waals surface area contributed by atoms with Crippen molar-refractivity contribution < 1.29 is 0 Å². The molecule has 3 heteroatoms. The highest BCUT2D eigenvalue weighted by Gasteiger charge is 2.36. The van der Waals surface area contributed by atoms with Gasteiger partial charge in [-0.1, -0.05) is 111 Å². The number of nitrogens with zero attached hydrogens (tertiary/aromatic N) is 3. The first-order valence-electron chi connectivity index (χ1n) is 17.1. The molecule has 1 aliphatic heterocycles. The van der Waals surface area contributed by atoms with Crippen LogP contribution in [0.3, 0.4) is 0 Å². The summed E-state index contributed by atoms with van der Waals surface area (Å²) in [5.41, 5.74) is 15.6. The highest BCUT2D eigenvalue weighted by molar-refractivity contribution is 6.20. The van der Waals surface area contributed by atoms with Gasteiger partial charge in [0.2, 0.25) is 0 Å². The first kappa shape index (κ1) is 26.8. The van der Waals surface area contributed by atoms with Gasteiger partial charge in [-0.25, -0.2) is 4.98 Å². The minimum atomic E-state index is -0.0783. The average Bonchev–Trinajstić information content (AvgIpc) is 3.59. The minimum Gasteiger partial charge on any atom is -0.309 e. The van der Waals surface area contributed by atoms with Crippen LogP contribution in [0, 0.1) is 0 Å². The Hall–Kier alpha value is -6.19. The summed E-state index contributed by atoms with van der Waals surface area (Å²) >= 11 is 0. The Morgan fingerprint density at radius 2 is 1.16 bits per heavy atom. The van der Waals surface area contributed by atoms with Gasteiger partial charge in [-0.15, -0.1) is 0 Å². The molecule has 3 nitrogen and oxygen atoms in total. The molecule has 0 spiro atoms. The Bertz CT molecular complexity index is 2870. The van der Waals surface area contributed by atoms with E-state index in [1.54, 1.807) is 0 Å². The van der Waals surface area contributed by atoms with Gasteiger partial charge in [0.15, 0.2) is 0 Å². The van der Waals surface area contributed by atoms with Crippen molar-refractivity contribution in [1.29, 1.82) is 0 Å². The third-order valence-corrected chi connectivity index (χ3v) is 11.1. The van der Waals surface area contributed by atoms with Gasteiger partial charge in [-0.2, -0.15) is 0 Å². The van der Waals surface area contributed by atoms with E-state index in [0.29, 0.717) is 0 Å². The molecule has 0 saturated carbocycles. The van der Waals surface area contributed by atoms with Gasteiger partial charge in [-0.3, -0.25) is 0 Å². The van der Waals surface area contributed by atoms with Gasteiger partial charge in [-0.05, 0) is 82.2 Å². The fourth-order valence-corrected chi connectivity index (χ4v) is 8.86. The van der Waals surface area contributed by atoms with Crippen LogP contribution in [0.2, 0.25) is 0 Å². The molecule has 0 saturated heterocycles. The van der Waals surface area contributed by atoms with E-state index in [2.05, 4.69) is 175 Å². The fraction of sp³-hybridized carbons (Fsp3) is 0.0652. The van der Waals surface area contributed by atoms with Gasteiger partial charge in [0.25, 0.3) is 0 Å². The summed E-state index contributed by atoms with van der Waals surface area (Å²) in [6.45, 7) is 4.73. The molecule has 0 unspecified atom stereocenters. The Morgan fingerprint density at radius 1 is 0.469 bits per heavy atom. The van der Waals surface area contributed by atoms with E-state index in [9.17, 15) is 0 Å². The van der Waals surface area contributed by atoms with E-state index < -0.39 is 0 Å². The molecule has 2 aliphatic rings. The Balaban J connectivity index is 1.17. The lowest BCUT2D eigenvalue weighted by Gasteiger charge is -2.33. The second kappa shape index (κ2) is 9.46. The van der Waals surface area contributed by atoms with E-state index in [4.69, 9.17) is 4.98 Å². The maximum Gasteiger partial charge on any atom is 0.0830 e. The second-order valence-corrected chi connectivity index (χ2v) is 14.0. The molecule has 9 aromatic rings. The van der Waals surface area contributed by atoms with Crippen LogP contribution >= 0.6 is 0 Å². The number of pyridine rings is 1. The normalized spacial score (nSPS) is 14.0. The topological polar surface area (TPSA) is 21.1 Å². The molecule has 11 rings (SSSR count). The predicted molar refractivity (Wildman–Crippen MR) is 205 cm³/mol. The number of anilines is 3. The summed E-state index contributed by atoms with van der Waals surface area (Å²) in [6, 6.07) is 55.6. The third kappa shape index (κ3) is 3.49. The SMILES string of the molecule is CC1(C)c2ccccc2-c2cc3c4ccccc4n(-c4cccc(N5c6ccccc6-c6nc7ccccc7c7cccc5c67)c4)c3cc21. The lowest BCUT2D eigenvalue weighted by Crippen LogP contribution is -2.16. The third-order valence-electron chi connectivity index (χ3n) is 11.1. The van der Waals surface area contributed by atoms with Crippen molar-refractivity contribution in [3.8, 4) is 28.1 Å². The minimum absolute atomic E-state index is 0.0783. The van der Waals surface area contributed by atoms with Crippen molar-refractivity contribution in [2.45, 2.75) is 19.3 Å². The van der Waals surface area contributed by atoms with Crippen molar-refractivity contribution >= 4 is 60.5 Å². The van der Waals surface area contributed by atoms with Crippen molar-refractivity contribution in [3.63, 3.8) is 0 Å². The van der Waals surface area contributed by atoms with Crippen LogP contribution in [0.25, 0.3) is 71.6 Å². The fourth-order valence-electron chi connectivity index (χ4n) is 8.86. The number of aromatic nitrogens is 2. The molecular formula is C46H31N3. The molecule has 0 radical (unpaired) electrons. The zero-order valence-corrected chi connectivity index (χ0v) is 27.3. The molecule has 1 aliphatic carbocycles. The summed E-state index contributed by atoms with van der Waals surface area (Å²) < 4.78 is 2.47. The first-order chi connectivity index (χ1) is 24.1. The van der Waals surface area contributed by atoms with Crippen molar-refractivity contribution in [2.75, 3.05) is 4.90 Å². The van der Waals surface area contributed by atoms with Crippen molar-refractivity contribution in [2.24, 2.45) is 0 Å². The van der Waals surface area contributed by atoms with Gasteiger partial charge in [0.1, 0.15) is 0 Å². The van der Waals surface area contributed by atoms with E-state index >= 15 is 0 Å². The lowest BCUT2D eigenvalue weighted by atomic mass is 9.82. The molecule has 2 aromatic heterocycles. The van der Waals surface area contributed by atoms with E-state index in [0.717, 1.165) is 39.5 Å². The molecule has 7 aromatic carbocycles. The van der Waals surface area contributed by atoms with Crippen LogP contribution in [0.15, 0.2) is 152 Å². The van der Waals surface area contributed by atoms with E-state index in [-0.39, 0.29) is 5.41 Å². The van der Waals surface area contributed by atoms with Gasteiger partial charge < -0.3 is 9.47 Å². The second-order valence-electron chi connectivity index (χ2n) is 14.0. The Labute approximate surface area is 284 Å². The number of rotatable bonds is 2. The largest absolute Gasteiger partial charge is 0.309 e. The van der Waals surface area contributed by atoms with Crippen LogP contribution in [0.4, 0.5) is 17.1 Å². The number of benzene rings is 7. The molecule has 0 fully saturated rings. The highest BCUT2D eigenvalue weighted by Crippen LogP contribution is 2.53. The molecule has 3 heterocycles. The molecule has 0 amide bonds. The van der Waals surface area contributed by atoms with E-state index in [1.165, 1.54) is 60.2 Å². The molecule has 0 N–H and O–H groups in total. The molecule has 0 bridgehead atoms. The summed E-state index contributed by atoms with van der Waals surface area (Å²) in [6.07, 6.45) is 0. The van der Waals surface area contributed by atoms with Crippen molar-refractivity contribution in [3.05, 3.63) is 163 Å². The average molecular weight is 626 g/mol. The van der Waals surface area contributed by atoms with Gasteiger partial charge in [0.05, 0.1) is 33.6 Å². The molecular weight excluding hydrogens is 595 g/mol. The smallest absolute Gasteiger partial charge is 0.0830 e. The predicted octanol–water partition coefficient (Wildman–Crippen LogP) is 12.2. The number of hydrogen-bond donors (Lipinski definition) is 0. The summed E-state index contributed by atoms with van der Waals surface area (Å²) in [5, 5.41) is 6.16. The Morgan fingerprint density at radius 3 is 2.08 bits per heavy atom. The quantitative estimate of drug-likeness (QED) is 0.178. The van der Waals surface area contributed by atoms with Gasteiger partial charge in [0, 0.05) is 43.9 Å². The highest BCUT2D eigenvalue weighted by atomic mass is 15.2. The molecule has 0 atom stereocenters. The molecule has 230 valence electrons. The monoisotopic (exact) mass is 625 g/mol. The van der Waals surface area contributed by atoms with Crippen LogP contribution in [-0.2, 0) is 5.41 Å². The maximum absolute atomic E-state index is 5.25. The summed E-state index contributed by atoms with van der Waals surface area (Å²) in [5.74, 6) is 0. The lowest BCUT2D eigenvalue weighted by molar-refractivity contribution is 0.661. The van der Waals surface area contributed by atoms with Crippen LogP contribution in [0.5, 0.6) is 0 Å². The summed E-state index contributed by atoms with van der Waals surface area (Å²) in [7, 11) is 0. The summed E-state index contributed by atoms with van der Waals surface area (Å²) in [4.78, 5) is 7.68. The number of hydrogen-bond acceptors (Lipinski definition) is 2. The number of fused-ring (bicyclic) bond motifs is 10. The standard InChI is InChI=1S/C46H31N3/c1-46(2)37-20-7-3-15-30(37)35-26-36-32-17-5-9-22-40(32)49(43(36)27-38(35)46)29-14-11-13-28(25-29)48-41-23-10-6-18-34(41)45-44-33(19-12-24-42(44)48)31-16-4-8-21-39(31)47-45/h3-27H,1-2H3. The van der Waals surface area contributed by atoms with E-state index in [1.807, 2.05) is 0 Å². The first-order valence-corrected chi connectivity index (χ1v) is 17.1. The van der Waals surface area contributed by atoms with Crippen LogP contribution in [-0.4, -0.2) is 9.55 Å². The zero-order chi connectivity index (χ0) is 32.4. The maximum atomic E-state index is 5.25.